The molecule has 2 aromatic carbocycles. The first-order chi connectivity index (χ1) is 19.2. The lowest BCUT2D eigenvalue weighted by atomic mass is 9.96. The molecule has 1 fully saturated rings. The fraction of sp³-hybridized carbons (Fsp3) is 0.303. The number of thiocarbonyl (C=S) groups is 1. The van der Waals surface area contributed by atoms with Crippen molar-refractivity contribution < 1.29 is 4.79 Å². The second kappa shape index (κ2) is 11.3. The summed E-state index contributed by atoms with van der Waals surface area (Å²) in [6.07, 6.45) is 3.23. The molecule has 206 valence electrons. The Hall–Kier alpha value is -3.97. The Morgan fingerprint density at radius 2 is 1.80 bits per heavy atom. The maximum absolute atomic E-state index is 12.1. The second-order valence-corrected chi connectivity index (χ2v) is 10.9. The average Bonchev–Trinajstić information content (AvgIpc) is 3.44. The van der Waals surface area contributed by atoms with E-state index < -0.39 is 0 Å². The van der Waals surface area contributed by atoms with Gasteiger partial charge in [0.1, 0.15) is 0 Å². The number of aryl methyl sites for hydroxylation is 4. The maximum atomic E-state index is 12.1. The molecule has 1 aliphatic rings. The van der Waals surface area contributed by atoms with E-state index in [9.17, 15) is 4.79 Å². The van der Waals surface area contributed by atoms with Gasteiger partial charge in [0.15, 0.2) is 5.11 Å². The van der Waals surface area contributed by atoms with Crippen LogP contribution < -0.4 is 15.5 Å². The van der Waals surface area contributed by atoms with Crippen LogP contribution in [0, 0.1) is 27.7 Å². The zero-order chi connectivity index (χ0) is 28.6. The minimum absolute atomic E-state index is 0.00241. The lowest BCUT2D eigenvalue weighted by molar-refractivity contribution is -0.115. The highest BCUT2D eigenvalue weighted by Gasteiger charge is 2.42. The number of carbonyl (C=O) groups is 1. The van der Waals surface area contributed by atoms with Crippen molar-refractivity contribution in [1.29, 1.82) is 0 Å². The van der Waals surface area contributed by atoms with Crippen molar-refractivity contribution in [3.05, 3.63) is 106 Å². The average molecular weight is 552 g/mol. The molecule has 0 aliphatic carbocycles. The zero-order valence-electron chi connectivity index (χ0n) is 24.1. The number of aromatic nitrogens is 2. The molecule has 3 heterocycles. The molecule has 0 saturated carbocycles. The number of benzene rings is 2. The molecule has 1 amide bonds. The van der Waals surface area contributed by atoms with E-state index in [2.05, 4.69) is 84.2 Å². The van der Waals surface area contributed by atoms with Crippen LogP contribution in [0.25, 0.3) is 5.69 Å². The molecule has 1 aliphatic heterocycles. The third-order valence-corrected chi connectivity index (χ3v) is 8.21. The Balaban J connectivity index is 1.67. The summed E-state index contributed by atoms with van der Waals surface area (Å²) in [6.45, 7) is 12.6. The van der Waals surface area contributed by atoms with Crippen molar-refractivity contribution in [1.82, 2.24) is 14.9 Å². The number of para-hydroxylation sites is 1. The third-order valence-electron chi connectivity index (χ3n) is 7.90. The Morgan fingerprint density at radius 3 is 2.48 bits per heavy atom. The van der Waals surface area contributed by atoms with Crippen molar-refractivity contribution in [2.45, 2.75) is 66.5 Å². The van der Waals surface area contributed by atoms with Crippen molar-refractivity contribution in [3.8, 4) is 5.69 Å². The van der Waals surface area contributed by atoms with Gasteiger partial charge >= 0.3 is 0 Å². The third kappa shape index (κ3) is 4.90. The molecule has 0 bridgehead atoms. The number of nitrogens with zero attached hydrogens (tertiary/aromatic N) is 3. The van der Waals surface area contributed by atoms with E-state index in [1.54, 1.807) is 0 Å². The predicted octanol–water partition coefficient (Wildman–Crippen LogP) is 7.19. The smallest absolute Gasteiger partial charge is 0.224 e. The summed E-state index contributed by atoms with van der Waals surface area (Å²) in [6, 6.07) is 20.7. The van der Waals surface area contributed by atoms with E-state index in [1.165, 1.54) is 33.8 Å². The molecular weight excluding hydrogens is 514 g/mol. The largest absolute Gasteiger partial charge is 0.351 e. The predicted molar refractivity (Wildman–Crippen MR) is 167 cm³/mol. The van der Waals surface area contributed by atoms with Crippen LogP contribution in [0.1, 0.15) is 71.7 Å². The van der Waals surface area contributed by atoms with Gasteiger partial charge in [-0.25, -0.2) is 0 Å². The second-order valence-electron chi connectivity index (χ2n) is 10.5. The first-order valence-corrected chi connectivity index (χ1v) is 14.3. The van der Waals surface area contributed by atoms with Gasteiger partial charge in [0.2, 0.25) is 5.91 Å². The summed E-state index contributed by atoms with van der Waals surface area (Å²) >= 11 is 5.99. The summed E-state index contributed by atoms with van der Waals surface area (Å²) in [5, 5.41) is 7.24. The molecule has 2 unspecified atom stereocenters. The van der Waals surface area contributed by atoms with E-state index in [0.717, 1.165) is 29.1 Å². The van der Waals surface area contributed by atoms with E-state index in [1.807, 2.05) is 44.3 Å². The summed E-state index contributed by atoms with van der Waals surface area (Å²) in [7, 11) is 0. The van der Waals surface area contributed by atoms with E-state index in [-0.39, 0.29) is 18.0 Å². The van der Waals surface area contributed by atoms with Gasteiger partial charge in [0, 0.05) is 35.4 Å². The number of amides is 1. The van der Waals surface area contributed by atoms with Gasteiger partial charge in [-0.2, -0.15) is 0 Å². The summed E-state index contributed by atoms with van der Waals surface area (Å²) in [5.41, 5.74) is 11.1. The van der Waals surface area contributed by atoms with Crippen molar-refractivity contribution in [3.63, 3.8) is 0 Å². The van der Waals surface area contributed by atoms with Crippen LogP contribution in [0.4, 0.5) is 11.4 Å². The Morgan fingerprint density at radius 1 is 1.00 bits per heavy atom. The van der Waals surface area contributed by atoms with Crippen LogP contribution in [0.3, 0.4) is 0 Å². The minimum Gasteiger partial charge on any atom is -0.351 e. The van der Waals surface area contributed by atoms with Crippen LogP contribution in [0.5, 0.6) is 0 Å². The SMILES string of the molecule is CCC(=O)Nc1ccc(N2C(=S)NC(c3ccccn3)C2c2cc(C)n(-c3c(C)cccc3CC)c2C)cc1C. The highest BCUT2D eigenvalue weighted by atomic mass is 32.1. The molecular formula is C33H37N5OS. The maximum Gasteiger partial charge on any atom is 0.224 e. The molecule has 40 heavy (non-hydrogen) atoms. The Bertz CT molecular complexity index is 1580. The van der Waals surface area contributed by atoms with E-state index in [4.69, 9.17) is 17.2 Å². The molecule has 2 N–H and O–H groups in total. The first kappa shape index (κ1) is 27.6. The van der Waals surface area contributed by atoms with Gasteiger partial charge in [-0.15, -0.1) is 0 Å². The number of anilines is 2. The standard InChI is InChI=1S/C33H37N5OS/c1-7-24-13-11-12-20(3)31(24)37-22(5)19-26(23(37)6)32-30(28-14-9-10-17-34-28)36-33(40)38(32)25-15-16-27(21(4)18-25)35-29(39)8-2/h9-19,30,32H,7-8H2,1-6H3,(H,35,39)(H,36,40). The molecule has 4 aromatic rings. The van der Waals surface area contributed by atoms with Gasteiger partial charge in [-0.1, -0.05) is 38.1 Å². The molecule has 5 rings (SSSR count). The molecule has 1 saturated heterocycles. The molecule has 2 aromatic heterocycles. The van der Waals surface area contributed by atoms with Crippen molar-refractivity contribution in [2.75, 3.05) is 10.2 Å². The lowest BCUT2D eigenvalue weighted by Crippen LogP contribution is -2.29. The number of hydrogen-bond donors (Lipinski definition) is 2. The van der Waals surface area contributed by atoms with Gasteiger partial charge in [0.05, 0.1) is 23.5 Å². The summed E-state index contributed by atoms with van der Waals surface area (Å²) < 4.78 is 2.40. The lowest BCUT2D eigenvalue weighted by Gasteiger charge is -2.29. The Kier molecular flexibility index (Phi) is 7.76. The van der Waals surface area contributed by atoms with Crippen LogP contribution in [-0.2, 0) is 11.2 Å². The number of pyridine rings is 1. The van der Waals surface area contributed by atoms with Gasteiger partial charge in [-0.3, -0.25) is 9.78 Å². The topological polar surface area (TPSA) is 62.2 Å². The van der Waals surface area contributed by atoms with Crippen molar-refractivity contribution >= 4 is 34.6 Å². The molecule has 0 spiro atoms. The summed E-state index contributed by atoms with van der Waals surface area (Å²) in [5.74, 6) is -0.00241. The molecule has 2 atom stereocenters. The molecule has 7 heteroatoms. The molecule has 6 nitrogen and oxygen atoms in total. The van der Waals surface area contributed by atoms with Gasteiger partial charge < -0.3 is 20.1 Å². The summed E-state index contributed by atoms with van der Waals surface area (Å²) in [4.78, 5) is 19.0. The number of hydrogen-bond acceptors (Lipinski definition) is 3. The highest BCUT2D eigenvalue weighted by molar-refractivity contribution is 7.80. The van der Waals surface area contributed by atoms with Crippen LogP contribution in [0.15, 0.2) is 66.9 Å². The van der Waals surface area contributed by atoms with Crippen LogP contribution in [-0.4, -0.2) is 20.6 Å². The van der Waals surface area contributed by atoms with Crippen LogP contribution in [0.2, 0.25) is 0 Å². The Labute approximate surface area is 242 Å². The zero-order valence-corrected chi connectivity index (χ0v) is 24.9. The normalized spacial score (nSPS) is 16.8. The fourth-order valence-electron chi connectivity index (χ4n) is 5.88. The fourth-order valence-corrected chi connectivity index (χ4v) is 6.23. The van der Waals surface area contributed by atoms with Gasteiger partial charge in [0.25, 0.3) is 0 Å². The minimum atomic E-state index is -0.134. The first-order valence-electron chi connectivity index (χ1n) is 13.9. The van der Waals surface area contributed by atoms with Crippen LogP contribution >= 0.6 is 12.2 Å². The molecule has 0 radical (unpaired) electrons. The number of carbonyl (C=O) groups excluding carboxylic acids is 1. The highest BCUT2D eigenvalue weighted by Crippen LogP contribution is 2.44. The van der Waals surface area contributed by atoms with E-state index >= 15 is 0 Å². The van der Waals surface area contributed by atoms with E-state index in [0.29, 0.717) is 11.5 Å². The quantitative estimate of drug-likeness (QED) is 0.238. The van der Waals surface area contributed by atoms with Gasteiger partial charge in [-0.05, 0) is 105 Å². The number of nitrogens with one attached hydrogen (secondary N) is 2. The number of rotatable bonds is 7. The van der Waals surface area contributed by atoms with Crippen molar-refractivity contribution in [2.24, 2.45) is 0 Å². The monoisotopic (exact) mass is 551 g/mol.